The number of carbonyl (C=O) groups is 1. The number of rotatable bonds is 7. The van der Waals surface area contributed by atoms with Gasteiger partial charge in [0.05, 0.1) is 0 Å². The number of nitrogens with zero attached hydrogens (tertiary/aromatic N) is 5. The van der Waals surface area contributed by atoms with E-state index >= 15 is 0 Å². The van der Waals surface area contributed by atoms with E-state index in [0.717, 1.165) is 0 Å². The molecule has 0 saturated heterocycles. The van der Waals surface area contributed by atoms with E-state index < -0.39 is 0 Å². The van der Waals surface area contributed by atoms with Crippen LogP contribution in [0.2, 0.25) is 0 Å². The molecule has 0 bridgehead atoms. The molecule has 0 aromatic carbocycles. The molecule has 0 aliphatic carbocycles. The van der Waals surface area contributed by atoms with Crippen molar-refractivity contribution >= 4 is 5.91 Å². The molecular weight excluding hydrogens is 208 g/mol. The van der Waals surface area contributed by atoms with E-state index in [-0.39, 0.29) is 5.91 Å². The molecule has 0 atom stereocenters. The number of aromatic nitrogens is 2. The highest BCUT2D eigenvalue weighted by Gasteiger charge is 2.00. The van der Waals surface area contributed by atoms with Crippen LogP contribution < -0.4 is 5.32 Å². The van der Waals surface area contributed by atoms with Crippen molar-refractivity contribution in [2.24, 2.45) is 5.11 Å². The van der Waals surface area contributed by atoms with E-state index in [1.54, 1.807) is 10.9 Å². The fourth-order valence-electron chi connectivity index (χ4n) is 1.16. The van der Waals surface area contributed by atoms with Crippen molar-refractivity contribution in [1.82, 2.24) is 15.1 Å². The summed E-state index contributed by atoms with van der Waals surface area (Å²) in [5.41, 5.74) is 8.03. The second-order valence-corrected chi connectivity index (χ2v) is 3.18. The van der Waals surface area contributed by atoms with Gasteiger partial charge in [-0.1, -0.05) is 5.11 Å². The zero-order chi connectivity index (χ0) is 11.6. The van der Waals surface area contributed by atoms with Crippen LogP contribution in [0.25, 0.3) is 10.4 Å². The van der Waals surface area contributed by atoms with Gasteiger partial charge in [0, 0.05) is 43.4 Å². The van der Waals surface area contributed by atoms with Crippen LogP contribution >= 0.6 is 0 Å². The summed E-state index contributed by atoms with van der Waals surface area (Å²) in [5.74, 6) is -0.0172. The molecule has 86 valence electrons. The fourth-order valence-corrected chi connectivity index (χ4v) is 1.16. The van der Waals surface area contributed by atoms with Crippen molar-refractivity contribution in [1.29, 1.82) is 0 Å². The quantitative estimate of drug-likeness (QED) is 0.323. The van der Waals surface area contributed by atoms with Gasteiger partial charge in [0.1, 0.15) is 0 Å². The van der Waals surface area contributed by atoms with E-state index in [2.05, 4.69) is 20.4 Å². The molecule has 16 heavy (non-hydrogen) atoms. The third-order valence-electron chi connectivity index (χ3n) is 1.95. The Morgan fingerprint density at radius 3 is 3.19 bits per heavy atom. The number of aryl methyl sites for hydroxylation is 1. The van der Waals surface area contributed by atoms with E-state index in [0.29, 0.717) is 32.5 Å². The van der Waals surface area contributed by atoms with Crippen LogP contribution in [0.3, 0.4) is 0 Å². The Hall–Kier alpha value is -2.01. The van der Waals surface area contributed by atoms with E-state index in [4.69, 9.17) is 5.53 Å². The minimum atomic E-state index is -0.0172. The Morgan fingerprint density at radius 1 is 1.62 bits per heavy atom. The van der Waals surface area contributed by atoms with Crippen LogP contribution in [0.15, 0.2) is 23.6 Å². The first-order valence-electron chi connectivity index (χ1n) is 5.08. The number of hydrogen-bond acceptors (Lipinski definition) is 3. The first kappa shape index (κ1) is 12.1. The van der Waals surface area contributed by atoms with E-state index in [9.17, 15) is 4.79 Å². The average molecular weight is 222 g/mol. The minimum absolute atomic E-state index is 0.0172. The molecule has 1 N–H and O–H groups in total. The maximum Gasteiger partial charge on any atom is 0.221 e. The van der Waals surface area contributed by atoms with Gasteiger partial charge in [-0.2, -0.15) is 5.10 Å². The van der Waals surface area contributed by atoms with Crippen LogP contribution in [0.1, 0.15) is 12.8 Å². The van der Waals surface area contributed by atoms with Gasteiger partial charge in [-0.05, 0) is 18.0 Å². The zero-order valence-electron chi connectivity index (χ0n) is 8.91. The van der Waals surface area contributed by atoms with Gasteiger partial charge in [0.15, 0.2) is 0 Å². The highest BCUT2D eigenvalue weighted by Crippen LogP contribution is 1.89. The maximum atomic E-state index is 11.3. The Kier molecular flexibility index (Phi) is 5.51. The smallest absolute Gasteiger partial charge is 0.221 e. The van der Waals surface area contributed by atoms with Gasteiger partial charge < -0.3 is 5.32 Å². The summed E-state index contributed by atoms with van der Waals surface area (Å²) >= 11 is 0. The minimum Gasteiger partial charge on any atom is -0.356 e. The molecule has 7 nitrogen and oxygen atoms in total. The largest absolute Gasteiger partial charge is 0.356 e. The number of hydrogen-bond donors (Lipinski definition) is 1. The van der Waals surface area contributed by atoms with Gasteiger partial charge in [0.2, 0.25) is 5.91 Å². The molecule has 0 saturated carbocycles. The van der Waals surface area contributed by atoms with E-state index in [1.807, 2.05) is 12.3 Å². The molecule has 1 aromatic rings. The van der Waals surface area contributed by atoms with E-state index in [1.165, 1.54) is 0 Å². The zero-order valence-corrected chi connectivity index (χ0v) is 8.91. The lowest BCUT2D eigenvalue weighted by molar-refractivity contribution is -0.121. The summed E-state index contributed by atoms with van der Waals surface area (Å²) in [7, 11) is 0. The molecule has 0 aliphatic rings. The lowest BCUT2D eigenvalue weighted by Crippen LogP contribution is -2.25. The predicted octanol–water partition coefficient (Wildman–Crippen LogP) is 1.09. The molecule has 1 rings (SSSR count). The Morgan fingerprint density at radius 2 is 2.50 bits per heavy atom. The van der Waals surface area contributed by atoms with Crippen molar-refractivity contribution in [3.8, 4) is 0 Å². The van der Waals surface area contributed by atoms with Gasteiger partial charge in [-0.3, -0.25) is 9.48 Å². The first-order chi connectivity index (χ1) is 7.83. The number of amides is 1. The van der Waals surface area contributed by atoms with Crippen LogP contribution in [-0.2, 0) is 11.3 Å². The summed E-state index contributed by atoms with van der Waals surface area (Å²) in [6, 6.07) is 1.82. The van der Waals surface area contributed by atoms with Crippen molar-refractivity contribution in [2.75, 3.05) is 13.1 Å². The summed E-state index contributed by atoms with van der Waals surface area (Å²) in [6.45, 7) is 1.53. The molecule has 1 aromatic heterocycles. The average Bonchev–Trinajstić information content (AvgIpc) is 2.79. The molecule has 1 amide bonds. The number of carbonyl (C=O) groups excluding carboxylic acids is 1. The van der Waals surface area contributed by atoms with Crippen molar-refractivity contribution in [2.45, 2.75) is 19.4 Å². The second-order valence-electron chi connectivity index (χ2n) is 3.18. The first-order valence-corrected chi connectivity index (χ1v) is 5.08. The number of azide groups is 1. The number of nitrogens with one attached hydrogen (secondary N) is 1. The third kappa shape index (κ3) is 5.02. The second kappa shape index (κ2) is 7.30. The third-order valence-corrected chi connectivity index (χ3v) is 1.95. The topological polar surface area (TPSA) is 95.7 Å². The van der Waals surface area contributed by atoms with Crippen LogP contribution in [0.5, 0.6) is 0 Å². The Labute approximate surface area is 93.1 Å². The lowest BCUT2D eigenvalue weighted by Gasteiger charge is -2.03. The highest BCUT2D eigenvalue weighted by molar-refractivity contribution is 5.75. The van der Waals surface area contributed by atoms with Gasteiger partial charge >= 0.3 is 0 Å². The summed E-state index contributed by atoms with van der Waals surface area (Å²) in [5, 5.41) is 10.1. The Bertz CT molecular complexity index is 354. The standard InChI is InChI=1S/C9H14N6O/c10-14-12-5-1-4-11-9(16)3-8-15-7-2-6-13-15/h2,6-7H,1,3-5,8H2,(H,11,16). The molecule has 7 heteroatoms. The van der Waals surface area contributed by atoms with Crippen molar-refractivity contribution in [3.05, 3.63) is 28.9 Å². The monoisotopic (exact) mass is 222 g/mol. The lowest BCUT2D eigenvalue weighted by atomic mass is 10.3. The summed E-state index contributed by atoms with van der Waals surface area (Å²) in [6.07, 6.45) is 4.56. The fraction of sp³-hybridized carbons (Fsp3) is 0.556. The predicted molar refractivity (Wildman–Crippen MR) is 58.5 cm³/mol. The molecule has 0 fully saturated rings. The summed E-state index contributed by atoms with van der Waals surface area (Å²) in [4.78, 5) is 13.9. The van der Waals surface area contributed by atoms with Crippen molar-refractivity contribution < 1.29 is 4.79 Å². The SMILES string of the molecule is [N-]=[N+]=NCCCNC(=O)CCn1cccn1. The molecule has 0 aliphatic heterocycles. The maximum absolute atomic E-state index is 11.3. The highest BCUT2D eigenvalue weighted by atomic mass is 16.1. The summed E-state index contributed by atoms with van der Waals surface area (Å²) < 4.78 is 1.71. The van der Waals surface area contributed by atoms with Crippen LogP contribution in [-0.4, -0.2) is 28.8 Å². The van der Waals surface area contributed by atoms with Gasteiger partial charge in [-0.15, -0.1) is 0 Å². The van der Waals surface area contributed by atoms with Gasteiger partial charge in [0.25, 0.3) is 0 Å². The molecule has 0 radical (unpaired) electrons. The van der Waals surface area contributed by atoms with Gasteiger partial charge in [-0.25, -0.2) is 0 Å². The molecule has 1 heterocycles. The van der Waals surface area contributed by atoms with Crippen LogP contribution in [0.4, 0.5) is 0 Å². The normalized spacial score (nSPS) is 9.50. The molecule has 0 unspecified atom stereocenters. The molecular formula is C9H14N6O. The molecule has 0 spiro atoms. The van der Waals surface area contributed by atoms with Crippen LogP contribution in [0, 0.1) is 0 Å². The Balaban J connectivity index is 2.05. The van der Waals surface area contributed by atoms with Crippen molar-refractivity contribution in [3.63, 3.8) is 0 Å².